The zero-order valence-corrected chi connectivity index (χ0v) is 10.3. The summed E-state index contributed by atoms with van der Waals surface area (Å²) in [6, 6.07) is 3.72. The first-order chi connectivity index (χ1) is 7.61. The van der Waals surface area contributed by atoms with E-state index in [1.54, 1.807) is 13.2 Å². The molecule has 3 heteroatoms. The number of aryl methyl sites for hydroxylation is 1. The monoisotopic (exact) mass is 222 g/mol. The van der Waals surface area contributed by atoms with Gasteiger partial charge in [0.25, 0.3) is 0 Å². The first kappa shape index (κ1) is 12.7. The third-order valence-corrected chi connectivity index (χ3v) is 2.62. The number of rotatable bonds is 5. The first-order valence-electron chi connectivity index (χ1n) is 5.37. The second-order valence-electron chi connectivity index (χ2n) is 3.65. The minimum atomic E-state index is -0.0400. The van der Waals surface area contributed by atoms with Gasteiger partial charge in [-0.15, -0.1) is 0 Å². The number of benzene rings is 1. The maximum absolute atomic E-state index is 11.8. The molecule has 1 aromatic carbocycles. The average Bonchev–Trinajstić information content (AvgIpc) is 2.29. The van der Waals surface area contributed by atoms with Crippen LogP contribution in [0.2, 0.25) is 0 Å². The first-order valence-corrected chi connectivity index (χ1v) is 5.37. The van der Waals surface area contributed by atoms with Crippen LogP contribution >= 0.6 is 0 Å². The fourth-order valence-corrected chi connectivity index (χ4v) is 1.55. The van der Waals surface area contributed by atoms with Crippen LogP contribution in [0.25, 0.3) is 0 Å². The van der Waals surface area contributed by atoms with Crippen LogP contribution in [0.3, 0.4) is 0 Å². The van der Waals surface area contributed by atoms with Gasteiger partial charge in [-0.25, -0.2) is 0 Å². The van der Waals surface area contributed by atoms with Crippen molar-refractivity contribution < 1.29 is 14.3 Å². The lowest BCUT2D eigenvalue weighted by Crippen LogP contribution is -2.11. The third kappa shape index (κ3) is 2.61. The highest BCUT2D eigenvalue weighted by molar-refractivity contribution is 6.00. The topological polar surface area (TPSA) is 35.5 Å². The molecule has 16 heavy (non-hydrogen) atoms. The van der Waals surface area contributed by atoms with E-state index in [9.17, 15) is 4.79 Å². The molecule has 0 radical (unpaired) electrons. The van der Waals surface area contributed by atoms with Crippen molar-refractivity contribution in [1.82, 2.24) is 0 Å². The molecule has 0 heterocycles. The van der Waals surface area contributed by atoms with Crippen LogP contribution < -0.4 is 4.74 Å². The van der Waals surface area contributed by atoms with Crippen LogP contribution in [0.4, 0.5) is 0 Å². The fourth-order valence-electron chi connectivity index (χ4n) is 1.55. The highest BCUT2D eigenvalue weighted by Crippen LogP contribution is 2.26. The van der Waals surface area contributed by atoms with Crippen molar-refractivity contribution in [3.05, 3.63) is 28.8 Å². The Hall–Kier alpha value is -1.35. The minimum absolute atomic E-state index is 0.0400. The molecule has 0 unspecified atom stereocenters. The van der Waals surface area contributed by atoms with E-state index in [-0.39, 0.29) is 12.4 Å². The largest absolute Gasteiger partial charge is 0.496 e. The van der Waals surface area contributed by atoms with E-state index >= 15 is 0 Å². The van der Waals surface area contributed by atoms with E-state index < -0.39 is 0 Å². The number of Topliss-reactive ketones (excluding diaryl/α,β-unsaturated/α-hetero) is 1. The van der Waals surface area contributed by atoms with E-state index in [4.69, 9.17) is 9.47 Å². The standard InChI is InChI=1S/C13H18O3/c1-5-16-8-12(14)11-7-6-9(2)10(3)13(11)15-4/h6-7H,5,8H2,1-4H3. The molecule has 0 aromatic heterocycles. The molecule has 88 valence electrons. The molecule has 0 amide bonds. The van der Waals surface area contributed by atoms with Gasteiger partial charge in [-0.3, -0.25) is 4.79 Å². The summed E-state index contributed by atoms with van der Waals surface area (Å²) < 4.78 is 10.4. The Labute approximate surface area is 96.4 Å². The van der Waals surface area contributed by atoms with Gasteiger partial charge in [0.05, 0.1) is 12.7 Å². The molecule has 3 nitrogen and oxygen atoms in total. The zero-order chi connectivity index (χ0) is 12.1. The summed E-state index contributed by atoms with van der Waals surface area (Å²) in [5, 5.41) is 0. The highest BCUT2D eigenvalue weighted by atomic mass is 16.5. The normalized spacial score (nSPS) is 10.2. The molecule has 0 saturated heterocycles. The molecule has 0 aliphatic rings. The summed E-state index contributed by atoms with van der Waals surface area (Å²) in [5.74, 6) is 0.617. The van der Waals surface area contributed by atoms with Gasteiger partial charge in [0.2, 0.25) is 0 Å². The minimum Gasteiger partial charge on any atom is -0.496 e. The Morgan fingerprint density at radius 3 is 2.56 bits per heavy atom. The Bertz CT molecular complexity index is 383. The van der Waals surface area contributed by atoms with Gasteiger partial charge in [0, 0.05) is 6.61 Å². The molecule has 0 fully saturated rings. The molecule has 0 spiro atoms. The van der Waals surface area contributed by atoms with E-state index in [0.717, 1.165) is 11.1 Å². The number of hydrogen-bond donors (Lipinski definition) is 0. The van der Waals surface area contributed by atoms with Gasteiger partial charge in [0.15, 0.2) is 5.78 Å². The smallest absolute Gasteiger partial charge is 0.192 e. The van der Waals surface area contributed by atoms with Gasteiger partial charge >= 0.3 is 0 Å². The van der Waals surface area contributed by atoms with Crippen LogP contribution in [-0.4, -0.2) is 26.1 Å². The van der Waals surface area contributed by atoms with Gasteiger partial charge in [-0.2, -0.15) is 0 Å². The van der Waals surface area contributed by atoms with Crippen molar-refractivity contribution in [3.8, 4) is 5.75 Å². The van der Waals surface area contributed by atoms with Gasteiger partial charge < -0.3 is 9.47 Å². The molecule has 0 atom stereocenters. The van der Waals surface area contributed by atoms with E-state index in [2.05, 4.69) is 0 Å². The lowest BCUT2D eigenvalue weighted by molar-refractivity contribution is 0.0780. The Morgan fingerprint density at radius 1 is 1.31 bits per heavy atom. The van der Waals surface area contributed by atoms with Gasteiger partial charge in [0.1, 0.15) is 12.4 Å². The lowest BCUT2D eigenvalue weighted by atomic mass is 10.0. The van der Waals surface area contributed by atoms with Crippen LogP contribution in [0.1, 0.15) is 28.4 Å². The third-order valence-electron chi connectivity index (χ3n) is 2.62. The molecule has 0 bridgehead atoms. The van der Waals surface area contributed by atoms with Crippen LogP contribution in [0.5, 0.6) is 5.75 Å². The number of ether oxygens (including phenoxy) is 2. The Balaban J connectivity index is 3.04. The van der Waals surface area contributed by atoms with Crippen molar-refractivity contribution in [2.75, 3.05) is 20.3 Å². The molecule has 0 saturated carbocycles. The predicted octanol–water partition coefficient (Wildman–Crippen LogP) is 2.53. The molecule has 1 aromatic rings. The summed E-state index contributed by atoms with van der Waals surface area (Å²) in [7, 11) is 1.58. The highest BCUT2D eigenvalue weighted by Gasteiger charge is 2.15. The van der Waals surface area contributed by atoms with Crippen molar-refractivity contribution in [2.45, 2.75) is 20.8 Å². The van der Waals surface area contributed by atoms with Crippen LogP contribution in [-0.2, 0) is 4.74 Å². The summed E-state index contributed by atoms with van der Waals surface area (Å²) in [6.07, 6.45) is 0. The summed E-state index contributed by atoms with van der Waals surface area (Å²) in [4.78, 5) is 11.8. The molecule has 0 aliphatic heterocycles. The molecular formula is C13H18O3. The van der Waals surface area contributed by atoms with Gasteiger partial charge in [-0.1, -0.05) is 6.07 Å². The van der Waals surface area contributed by atoms with Crippen molar-refractivity contribution >= 4 is 5.78 Å². The van der Waals surface area contributed by atoms with Crippen LogP contribution in [0, 0.1) is 13.8 Å². The number of ketones is 1. The second kappa shape index (κ2) is 5.66. The number of carbonyl (C=O) groups excluding carboxylic acids is 1. The molecule has 0 aliphatic carbocycles. The van der Waals surface area contributed by atoms with E-state index in [0.29, 0.717) is 17.9 Å². The van der Waals surface area contributed by atoms with Crippen molar-refractivity contribution in [1.29, 1.82) is 0 Å². The lowest BCUT2D eigenvalue weighted by Gasteiger charge is -2.12. The van der Waals surface area contributed by atoms with E-state index in [1.807, 2.05) is 26.8 Å². The van der Waals surface area contributed by atoms with Gasteiger partial charge in [-0.05, 0) is 38.0 Å². The Morgan fingerprint density at radius 2 is 2.00 bits per heavy atom. The number of carbonyl (C=O) groups is 1. The summed E-state index contributed by atoms with van der Waals surface area (Å²) in [6.45, 7) is 6.46. The maximum atomic E-state index is 11.8. The molecular weight excluding hydrogens is 204 g/mol. The fraction of sp³-hybridized carbons (Fsp3) is 0.462. The number of methoxy groups -OCH3 is 1. The number of hydrogen-bond acceptors (Lipinski definition) is 3. The van der Waals surface area contributed by atoms with Crippen molar-refractivity contribution in [3.63, 3.8) is 0 Å². The second-order valence-corrected chi connectivity index (χ2v) is 3.65. The summed E-state index contributed by atoms with van der Waals surface area (Å²) in [5.41, 5.74) is 2.72. The Kier molecular flexibility index (Phi) is 4.50. The quantitative estimate of drug-likeness (QED) is 0.718. The maximum Gasteiger partial charge on any atom is 0.192 e. The van der Waals surface area contributed by atoms with Crippen LogP contribution in [0.15, 0.2) is 12.1 Å². The summed E-state index contributed by atoms with van der Waals surface area (Å²) >= 11 is 0. The van der Waals surface area contributed by atoms with Crippen molar-refractivity contribution in [2.24, 2.45) is 0 Å². The molecule has 0 N–H and O–H groups in total. The van der Waals surface area contributed by atoms with E-state index in [1.165, 1.54) is 0 Å². The predicted molar refractivity (Wildman–Crippen MR) is 63.3 cm³/mol. The zero-order valence-electron chi connectivity index (χ0n) is 10.3. The SMILES string of the molecule is CCOCC(=O)c1ccc(C)c(C)c1OC. The average molecular weight is 222 g/mol. The molecule has 1 rings (SSSR count).